The van der Waals surface area contributed by atoms with Crippen LogP contribution in [0.1, 0.15) is 27.7 Å². The third kappa shape index (κ3) is 7.65. The molecule has 86 valence electrons. The summed E-state index contributed by atoms with van der Waals surface area (Å²) >= 11 is 0. The number of carboxylic acid groups (broad SMARTS) is 1. The molecule has 0 aromatic rings. The Morgan fingerprint density at radius 3 is 2.20 bits per heavy atom. The van der Waals surface area contributed by atoms with Crippen LogP contribution in [0.3, 0.4) is 0 Å². The highest BCUT2D eigenvalue weighted by atomic mass is 17.5. The van der Waals surface area contributed by atoms with Crippen molar-refractivity contribution in [2.45, 2.75) is 33.3 Å². The van der Waals surface area contributed by atoms with Crippen molar-refractivity contribution in [1.29, 1.82) is 0 Å². The summed E-state index contributed by atoms with van der Waals surface area (Å²) in [5.41, 5.74) is -0.718. The van der Waals surface area contributed by atoms with Gasteiger partial charge in [0.1, 0.15) is 0 Å². The molecule has 0 bridgehead atoms. The van der Waals surface area contributed by atoms with Crippen LogP contribution >= 0.6 is 0 Å². The first-order valence-electron chi connectivity index (χ1n) is 4.20. The third-order valence-electron chi connectivity index (χ3n) is 1.06. The Hall–Kier alpha value is -1.40. The van der Waals surface area contributed by atoms with Crippen molar-refractivity contribution in [2.75, 3.05) is 0 Å². The van der Waals surface area contributed by atoms with Gasteiger partial charge in [-0.2, -0.15) is 4.89 Å². The molecule has 0 aliphatic rings. The molecule has 6 nitrogen and oxygen atoms in total. The molecule has 0 atom stereocenters. The lowest BCUT2D eigenvalue weighted by Gasteiger charge is -2.15. The molecule has 0 aliphatic heterocycles. The van der Waals surface area contributed by atoms with Gasteiger partial charge in [0.05, 0.1) is 5.60 Å². The quantitative estimate of drug-likeness (QED) is 0.434. The molecule has 0 spiro atoms. The fourth-order valence-corrected chi connectivity index (χ4v) is 0.460. The minimum Gasteiger partial charge on any atom is -0.478 e. The van der Waals surface area contributed by atoms with Crippen molar-refractivity contribution in [3.8, 4) is 0 Å². The van der Waals surface area contributed by atoms with Gasteiger partial charge in [-0.05, 0) is 32.7 Å². The molecule has 0 heterocycles. The maximum absolute atomic E-state index is 11.0. The lowest BCUT2D eigenvalue weighted by Crippen LogP contribution is -2.21. The molecular formula is C9H14O6. The van der Waals surface area contributed by atoms with E-state index in [0.29, 0.717) is 6.08 Å². The van der Waals surface area contributed by atoms with Gasteiger partial charge in [-0.15, -0.1) is 0 Å². The van der Waals surface area contributed by atoms with Gasteiger partial charge in [0.2, 0.25) is 0 Å². The second-order valence-electron chi connectivity index (χ2n) is 3.80. The number of carbonyl (C=O) groups excluding carboxylic acids is 1. The molecule has 0 radical (unpaired) electrons. The van der Waals surface area contributed by atoms with Crippen molar-refractivity contribution in [2.24, 2.45) is 0 Å². The van der Waals surface area contributed by atoms with Gasteiger partial charge in [-0.25, -0.2) is 9.59 Å². The lowest BCUT2D eigenvalue weighted by atomic mass is 10.2. The van der Waals surface area contributed by atoms with E-state index in [0.717, 1.165) is 0 Å². The first kappa shape index (κ1) is 13.6. The van der Waals surface area contributed by atoms with Crippen LogP contribution in [-0.4, -0.2) is 22.6 Å². The molecule has 0 aliphatic carbocycles. The number of hydrogen-bond acceptors (Lipinski definition) is 5. The molecule has 0 saturated heterocycles. The highest BCUT2D eigenvalue weighted by Crippen LogP contribution is 2.08. The average Bonchev–Trinajstić information content (AvgIpc) is 2.00. The Labute approximate surface area is 87.3 Å². The highest BCUT2D eigenvalue weighted by molar-refractivity contribution is 5.94. The summed E-state index contributed by atoms with van der Waals surface area (Å²) in [5.74, 6) is -2.15. The Morgan fingerprint density at radius 1 is 1.27 bits per heavy atom. The molecule has 0 fully saturated rings. The van der Waals surface area contributed by atoms with Crippen molar-refractivity contribution in [3.05, 3.63) is 11.6 Å². The summed E-state index contributed by atoms with van der Waals surface area (Å²) in [5, 5.41) is 12.5. The maximum atomic E-state index is 11.0. The zero-order valence-electron chi connectivity index (χ0n) is 9.07. The van der Waals surface area contributed by atoms with Crippen LogP contribution in [0.25, 0.3) is 0 Å². The minimum absolute atomic E-state index is 0.0972. The van der Waals surface area contributed by atoms with Crippen LogP contribution in [0.5, 0.6) is 0 Å². The van der Waals surface area contributed by atoms with Gasteiger partial charge in [0, 0.05) is 11.6 Å². The zero-order valence-corrected chi connectivity index (χ0v) is 9.07. The normalized spacial score (nSPS) is 12.4. The maximum Gasteiger partial charge on any atom is 0.372 e. The van der Waals surface area contributed by atoms with Crippen LogP contribution in [-0.2, 0) is 24.4 Å². The summed E-state index contributed by atoms with van der Waals surface area (Å²) in [4.78, 5) is 30.0. The van der Waals surface area contributed by atoms with E-state index in [-0.39, 0.29) is 5.57 Å². The van der Waals surface area contributed by atoms with Gasteiger partial charge in [-0.3, -0.25) is 4.89 Å². The molecular weight excluding hydrogens is 204 g/mol. The first-order valence-corrected chi connectivity index (χ1v) is 4.20. The number of rotatable bonds is 4. The molecule has 1 N–H and O–H groups in total. The molecule has 0 unspecified atom stereocenters. The summed E-state index contributed by atoms with van der Waals surface area (Å²) in [6.07, 6.45) is 0.711. The van der Waals surface area contributed by atoms with Crippen molar-refractivity contribution < 1.29 is 29.5 Å². The van der Waals surface area contributed by atoms with Crippen molar-refractivity contribution >= 4 is 11.9 Å². The van der Waals surface area contributed by atoms with Gasteiger partial charge >= 0.3 is 11.9 Å². The van der Waals surface area contributed by atoms with Crippen LogP contribution in [0.15, 0.2) is 11.6 Å². The van der Waals surface area contributed by atoms with Gasteiger partial charge in [0.15, 0.2) is 0 Å². The zero-order chi connectivity index (χ0) is 12.1. The Bertz CT molecular complexity index is 273. The summed E-state index contributed by atoms with van der Waals surface area (Å²) < 4.78 is 0. The topological polar surface area (TPSA) is 82.1 Å². The van der Waals surface area contributed by atoms with Crippen LogP contribution in [0, 0.1) is 0 Å². The SMILES string of the molecule is C/C(=C\C(=O)O)C(=O)OOOC(C)(C)C. The minimum atomic E-state index is -1.24. The third-order valence-corrected chi connectivity index (χ3v) is 1.06. The van der Waals surface area contributed by atoms with E-state index < -0.39 is 17.5 Å². The Balaban J connectivity index is 4.00. The number of carboxylic acids is 1. The monoisotopic (exact) mass is 218 g/mol. The predicted molar refractivity (Wildman–Crippen MR) is 49.4 cm³/mol. The summed E-state index contributed by atoms with van der Waals surface area (Å²) in [6.45, 7) is 6.37. The lowest BCUT2D eigenvalue weighted by molar-refractivity contribution is -0.513. The van der Waals surface area contributed by atoms with Gasteiger partial charge < -0.3 is 5.11 Å². The second kappa shape index (κ2) is 5.47. The average molecular weight is 218 g/mol. The van der Waals surface area contributed by atoms with E-state index in [1.165, 1.54) is 6.92 Å². The number of hydrogen-bond donors (Lipinski definition) is 1. The summed E-state index contributed by atoms with van der Waals surface area (Å²) in [6, 6.07) is 0. The highest BCUT2D eigenvalue weighted by Gasteiger charge is 2.15. The first-order chi connectivity index (χ1) is 6.72. The van der Waals surface area contributed by atoms with Crippen molar-refractivity contribution in [1.82, 2.24) is 0 Å². The molecule has 0 rings (SSSR count). The second-order valence-corrected chi connectivity index (χ2v) is 3.80. The Morgan fingerprint density at radius 2 is 1.80 bits per heavy atom. The van der Waals surface area contributed by atoms with E-state index in [1.54, 1.807) is 20.8 Å². The number of carbonyl (C=O) groups is 2. The largest absolute Gasteiger partial charge is 0.478 e. The van der Waals surface area contributed by atoms with E-state index in [9.17, 15) is 9.59 Å². The van der Waals surface area contributed by atoms with E-state index in [1.807, 2.05) is 0 Å². The van der Waals surface area contributed by atoms with Crippen LogP contribution < -0.4 is 0 Å². The Kier molecular flexibility index (Phi) is 4.96. The van der Waals surface area contributed by atoms with Crippen LogP contribution in [0.2, 0.25) is 0 Å². The molecule has 0 aromatic heterocycles. The molecule has 0 aromatic carbocycles. The van der Waals surface area contributed by atoms with Gasteiger partial charge in [0.25, 0.3) is 0 Å². The predicted octanol–water partition coefficient (Wildman–Crippen LogP) is 1.22. The molecule has 0 amide bonds. The number of aliphatic carboxylic acids is 1. The van der Waals surface area contributed by atoms with E-state index in [2.05, 4.69) is 14.8 Å². The van der Waals surface area contributed by atoms with Crippen molar-refractivity contribution in [3.63, 3.8) is 0 Å². The molecule has 15 heavy (non-hydrogen) atoms. The smallest absolute Gasteiger partial charge is 0.372 e. The van der Waals surface area contributed by atoms with E-state index in [4.69, 9.17) is 5.11 Å². The van der Waals surface area contributed by atoms with E-state index >= 15 is 0 Å². The molecule has 6 heteroatoms. The standard InChI is InChI=1S/C9H14O6/c1-6(5-7(10)11)8(12)13-15-14-9(2,3)4/h5H,1-4H3,(H,10,11)/b6-5+. The fraction of sp³-hybridized carbons (Fsp3) is 0.556. The summed E-state index contributed by atoms with van der Waals surface area (Å²) in [7, 11) is 0. The fourth-order valence-electron chi connectivity index (χ4n) is 0.460. The molecule has 0 saturated carbocycles. The van der Waals surface area contributed by atoms with Gasteiger partial charge in [-0.1, -0.05) is 0 Å². The van der Waals surface area contributed by atoms with Crippen LogP contribution in [0.4, 0.5) is 0 Å².